The van der Waals surface area contributed by atoms with Crippen molar-refractivity contribution in [3.8, 4) is 0 Å². The van der Waals surface area contributed by atoms with Gasteiger partial charge in [0.15, 0.2) is 0 Å². The zero-order chi connectivity index (χ0) is 15.7. The molecule has 0 radical (unpaired) electrons. The van der Waals surface area contributed by atoms with Crippen LogP contribution in [0.4, 0.5) is 18.9 Å². The number of hydrogen-bond donors (Lipinski definition) is 1. The Morgan fingerprint density at radius 1 is 1.40 bits per heavy atom. The monoisotopic (exact) mass is 332 g/mol. The van der Waals surface area contributed by atoms with E-state index in [1.165, 1.54) is 11.6 Å². The molecule has 1 rings (SSSR count). The highest BCUT2D eigenvalue weighted by molar-refractivity contribution is 7.89. The first kappa shape index (κ1) is 16.7. The van der Waals surface area contributed by atoms with Crippen LogP contribution in [0.3, 0.4) is 0 Å². The quantitative estimate of drug-likeness (QED) is 0.677. The van der Waals surface area contributed by atoms with Crippen LogP contribution in [0.1, 0.15) is 5.56 Å². The van der Waals surface area contributed by atoms with Gasteiger partial charge in [0.2, 0.25) is 10.0 Å². The number of benzene rings is 1. The Morgan fingerprint density at radius 2 is 1.95 bits per heavy atom. The lowest BCUT2D eigenvalue weighted by Crippen LogP contribution is -2.34. The molecular formula is C9H8ClF3N2O4S. The number of rotatable bonds is 4. The van der Waals surface area contributed by atoms with E-state index in [9.17, 15) is 31.7 Å². The third-order valence-corrected chi connectivity index (χ3v) is 4.04. The molecule has 0 heterocycles. The van der Waals surface area contributed by atoms with Gasteiger partial charge in [0, 0.05) is 6.07 Å². The van der Waals surface area contributed by atoms with Gasteiger partial charge in [0.1, 0.15) is 11.6 Å². The normalized spacial score (nSPS) is 12.4. The van der Waals surface area contributed by atoms with Gasteiger partial charge < -0.3 is 0 Å². The van der Waals surface area contributed by atoms with E-state index in [-0.39, 0.29) is 10.6 Å². The Kier molecular flexibility index (Phi) is 4.62. The molecule has 112 valence electrons. The molecular weight excluding hydrogens is 325 g/mol. The third-order valence-electron chi connectivity index (χ3n) is 2.19. The Bertz CT molecular complexity index is 645. The van der Waals surface area contributed by atoms with Crippen LogP contribution in [0.15, 0.2) is 17.0 Å². The minimum absolute atomic E-state index is 0.00438. The number of nitrogens with one attached hydrogen (secondary N) is 1. The third kappa shape index (κ3) is 4.05. The first-order valence-electron chi connectivity index (χ1n) is 4.95. The van der Waals surface area contributed by atoms with E-state index in [1.54, 1.807) is 0 Å². The lowest BCUT2D eigenvalue weighted by molar-refractivity contribution is -0.384. The summed E-state index contributed by atoms with van der Waals surface area (Å²) < 4.78 is 60.8. The average molecular weight is 333 g/mol. The lowest BCUT2D eigenvalue weighted by atomic mass is 10.2. The molecule has 0 atom stereocenters. The molecule has 0 saturated heterocycles. The maximum atomic E-state index is 12.0. The van der Waals surface area contributed by atoms with Gasteiger partial charge in [-0.25, -0.2) is 13.1 Å². The topological polar surface area (TPSA) is 89.3 Å². The summed E-state index contributed by atoms with van der Waals surface area (Å²) in [6, 6.07) is 1.62. The molecule has 0 spiro atoms. The molecule has 0 fully saturated rings. The van der Waals surface area contributed by atoms with Crippen LogP contribution in [-0.2, 0) is 10.0 Å². The fourth-order valence-corrected chi connectivity index (χ4v) is 2.87. The van der Waals surface area contributed by atoms with Crippen molar-refractivity contribution in [1.82, 2.24) is 4.72 Å². The molecule has 1 aromatic rings. The van der Waals surface area contributed by atoms with Crippen LogP contribution >= 0.6 is 11.6 Å². The standard InChI is InChI=1S/C9H8ClF3N2O4S/c1-5-2-6(10)7(15(16)17)3-8(5)20(18,19)14-4-9(11,12)13/h2-3,14H,4H2,1H3. The maximum absolute atomic E-state index is 12.0. The predicted octanol–water partition coefficient (Wildman–Crippen LogP) is 2.40. The van der Waals surface area contributed by atoms with Gasteiger partial charge in [0.25, 0.3) is 5.69 Å². The minimum Gasteiger partial charge on any atom is -0.258 e. The van der Waals surface area contributed by atoms with Crippen molar-refractivity contribution in [2.75, 3.05) is 6.54 Å². The summed E-state index contributed by atoms with van der Waals surface area (Å²) in [6.07, 6.45) is -4.74. The maximum Gasteiger partial charge on any atom is 0.402 e. The molecule has 0 aromatic heterocycles. The van der Waals surface area contributed by atoms with Gasteiger partial charge in [0.05, 0.1) is 9.82 Å². The first-order chi connectivity index (χ1) is 8.94. The highest BCUT2D eigenvalue weighted by atomic mass is 35.5. The van der Waals surface area contributed by atoms with Crippen LogP contribution in [0.25, 0.3) is 0 Å². The molecule has 6 nitrogen and oxygen atoms in total. The van der Waals surface area contributed by atoms with Crippen molar-refractivity contribution in [3.05, 3.63) is 32.8 Å². The Balaban J connectivity index is 3.25. The van der Waals surface area contributed by atoms with Crippen LogP contribution in [0, 0.1) is 17.0 Å². The van der Waals surface area contributed by atoms with Crippen molar-refractivity contribution < 1.29 is 26.5 Å². The van der Waals surface area contributed by atoms with Gasteiger partial charge >= 0.3 is 6.18 Å². The molecule has 20 heavy (non-hydrogen) atoms. The van der Waals surface area contributed by atoms with Gasteiger partial charge in [-0.1, -0.05) is 11.6 Å². The van der Waals surface area contributed by atoms with E-state index < -0.39 is 38.3 Å². The van der Waals surface area contributed by atoms with Gasteiger partial charge in [-0.15, -0.1) is 0 Å². The SMILES string of the molecule is Cc1cc(Cl)c([N+](=O)[O-])cc1S(=O)(=O)NCC(F)(F)F. The molecule has 0 saturated carbocycles. The van der Waals surface area contributed by atoms with Crippen LogP contribution in [-0.4, -0.2) is 26.1 Å². The number of nitrogens with zero attached hydrogens (tertiary/aromatic N) is 1. The number of alkyl halides is 3. The number of aryl methyl sites for hydroxylation is 1. The number of hydrogen-bond acceptors (Lipinski definition) is 4. The fourth-order valence-electron chi connectivity index (χ4n) is 1.33. The minimum atomic E-state index is -4.74. The molecule has 0 aliphatic heterocycles. The molecule has 1 aromatic carbocycles. The van der Waals surface area contributed by atoms with E-state index >= 15 is 0 Å². The van der Waals surface area contributed by atoms with Crippen LogP contribution < -0.4 is 4.72 Å². The predicted molar refractivity (Wildman–Crippen MR) is 64.1 cm³/mol. The number of nitro benzene ring substituents is 1. The molecule has 11 heteroatoms. The van der Waals surface area contributed by atoms with Crippen molar-refractivity contribution in [2.24, 2.45) is 0 Å². The lowest BCUT2D eigenvalue weighted by Gasteiger charge is -2.11. The Labute approximate surface area is 116 Å². The van der Waals surface area contributed by atoms with Crippen molar-refractivity contribution in [2.45, 2.75) is 18.0 Å². The Hall–Kier alpha value is -1.39. The second-order valence-electron chi connectivity index (χ2n) is 3.77. The van der Waals surface area contributed by atoms with Gasteiger partial charge in [-0.3, -0.25) is 10.1 Å². The second kappa shape index (κ2) is 5.54. The number of sulfonamides is 1. The average Bonchev–Trinajstić information content (AvgIpc) is 2.24. The van der Waals surface area contributed by atoms with Crippen LogP contribution in [0.5, 0.6) is 0 Å². The van der Waals surface area contributed by atoms with Crippen molar-refractivity contribution in [1.29, 1.82) is 0 Å². The number of halogens is 4. The summed E-state index contributed by atoms with van der Waals surface area (Å²) in [7, 11) is -4.53. The first-order valence-corrected chi connectivity index (χ1v) is 6.81. The highest BCUT2D eigenvalue weighted by Gasteiger charge is 2.31. The van der Waals surface area contributed by atoms with E-state index in [0.29, 0.717) is 6.07 Å². The van der Waals surface area contributed by atoms with Crippen LogP contribution in [0.2, 0.25) is 5.02 Å². The summed E-state index contributed by atoms with van der Waals surface area (Å²) >= 11 is 5.56. The smallest absolute Gasteiger partial charge is 0.258 e. The largest absolute Gasteiger partial charge is 0.402 e. The molecule has 0 unspecified atom stereocenters. The zero-order valence-corrected chi connectivity index (χ0v) is 11.4. The van der Waals surface area contributed by atoms with Gasteiger partial charge in [-0.2, -0.15) is 13.2 Å². The summed E-state index contributed by atoms with van der Waals surface area (Å²) in [5, 5.41) is 10.4. The number of nitro groups is 1. The van der Waals surface area contributed by atoms with Gasteiger partial charge in [-0.05, 0) is 18.6 Å². The van der Waals surface area contributed by atoms with E-state index in [2.05, 4.69) is 0 Å². The summed E-state index contributed by atoms with van der Waals surface area (Å²) in [5.74, 6) is 0. The molecule has 0 amide bonds. The van der Waals surface area contributed by atoms with E-state index in [1.807, 2.05) is 0 Å². The van der Waals surface area contributed by atoms with Crippen molar-refractivity contribution in [3.63, 3.8) is 0 Å². The Morgan fingerprint density at radius 3 is 2.40 bits per heavy atom. The van der Waals surface area contributed by atoms with Crippen molar-refractivity contribution >= 4 is 27.3 Å². The zero-order valence-electron chi connectivity index (χ0n) is 9.86. The summed E-state index contributed by atoms with van der Waals surface area (Å²) in [5.41, 5.74) is -0.708. The summed E-state index contributed by atoms with van der Waals surface area (Å²) in [4.78, 5) is 9.10. The summed E-state index contributed by atoms with van der Waals surface area (Å²) in [6.45, 7) is -0.511. The van der Waals surface area contributed by atoms with E-state index in [4.69, 9.17) is 11.6 Å². The van der Waals surface area contributed by atoms with E-state index in [0.717, 1.165) is 6.07 Å². The molecule has 0 aliphatic carbocycles. The second-order valence-corrected chi connectivity index (χ2v) is 5.91. The fraction of sp³-hybridized carbons (Fsp3) is 0.333. The molecule has 0 aliphatic rings. The highest BCUT2D eigenvalue weighted by Crippen LogP contribution is 2.30. The molecule has 0 bridgehead atoms. The molecule has 1 N–H and O–H groups in total.